The molecule has 0 heterocycles. The summed E-state index contributed by atoms with van der Waals surface area (Å²) < 4.78 is 0. The Hall–Kier alpha value is 0.540. The van der Waals surface area contributed by atoms with Crippen LogP contribution in [-0.2, 0) is 0 Å². The fourth-order valence-corrected chi connectivity index (χ4v) is 0. The minimum Gasteiger partial charge on any atom is -1.00 e. The number of hydrogen-bond donors (Lipinski definition) is 1. The van der Waals surface area contributed by atoms with Crippen molar-refractivity contribution in [3.63, 3.8) is 0 Å². The molecule has 0 saturated heterocycles. The molecular weight excluding hydrogens is 61.0 g/mol. The standard InChI is InChI=1S/C2H5N.Na.H/c1-2-3;;/h2H,1,3H2;;/q;+1;-1. The van der Waals surface area contributed by atoms with Crippen LogP contribution in [0, 0.1) is 0 Å². The number of hydrogen-bond acceptors (Lipinski definition) is 1. The minimum atomic E-state index is 0. The van der Waals surface area contributed by atoms with Crippen LogP contribution in [0.4, 0.5) is 0 Å². The van der Waals surface area contributed by atoms with E-state index in [-0.39, 0.29) is 31.0 Å². The molecule has 0 fully saturated rings. The average Bonchev–Trinajstić information content (AvgIpc) is 0.918. The first-order valence-electron chi connectivity index (χ1n) is 0.742. The third-order valence-corrected chi connectivity index (χ3v) is 0. The van der Waals surface area contributed by atoms with Gasteiger partial charge in [0.05, 0.1) is 0 Å². The maximum absolute atomic E-state index is 4.61. The Kier molecular flexibility index (Phi) is 21.2. The molecule has 0 aliphatic heterocycles. The smallest absolute Gasteiger partial charge is 1.00 e. The predicted octanol–water partition coefficient (Wildman–Crippen LogP) is -2.79. The Morgan fingerprint density at radius 2 is 2.00 bits per heavy atom. The first kappa shape index (κ1) is 8.82. The SMILES string of the molecule is C=CN.[H-].[Na+]. The molecule has 1 nitrogen and oxygen atoms in total. The molecule has 20 valence electrons. The van der Waals surface area contributed by atoms with E-state index in [0.29, 0.717) is 0 Å². The van der Waals surface area contributed by atoms with E-state index < -0.39 is 0 Å². The largest absolute Gasteiger partial charge is 1.00 e. The van der Waals surface area contributed by atoms with Gasteiger partial charge in [0, 0.05) is 0 Å². The van der Waals surface area contributed by atoms with Gasteiger partial charge in [-0.3, -0.25) is 0 Å². The summed E-state index contributed by atoms with van der Waals surface area (Å²) in [6, 6.07) is 0. The van der Waals surface area contributed by atoms with Crippen molar-refractivity contribution in [3.8, 4) is 0 Å². The van der Waals surface area contributed by atoms with Gasteiger partial charge in [-0.2, -0.15) is 0 Å². The van der Waals surface area contributed by atoms with Gasteiger partial charge in [-0.15, -0.1) is 0 Å². The second kappa shape index (κ2) is 9.63. The van der Waals surface area contributed by atoms with E-state index in [1.165, 1.54) is 6.20 Å². The molecule has 0 aromatic carbocycles. The predicted molar refractivity (Wildman–Crippen MR) is 15.5 cm³/mol. The van der Waals surface area contributed by atoms with Gasteiger partial charge in [0.1, 0.15) is 0 Å². The summed E-state index contributed by atoms with van der Waals surface area (Å²) >= 11 is 0. The first-order valence-corrected chi connectivity index (χ1v) is 0.742. The van der Waals surface area contributed by atoms with E-state index in [2.05, 4.69) is 12.3 Å². The number of rotatable bonds is 0. The van der Waals surface area contributed by atoms with Crippen LogP contribution in [0.25, 0.3) is 0 Å². The topological polar surface area (TPSA) is 26.0 Å². The van der Waals surface area contributed by atoms with Crippen LogP contribution in [0.2, 0.25) is 0 Å². The van der Waals surface area contributed by atoms with Crippen molar-refractivity contribution >= 4 is 0 Å². The molecule has 2 N–H and O–H groups in total. The zero-order valence-electron chi connectivity index (χ0n) is 3.86. The quantitative estimate of drug-likeness (QED) is 0.304. The maximum atomic E-state index is 4.61. The molecule has 0 amide bonds. The van der Waals surface area contributed by atoms with Crippen LogP contribution in [0.5, 0.6) is 0 Å². The van der Waals surface area contributed by atoms with Gasteiger partial charge in [-0.05, 0) is 6.20 Å². The molecule has 0 unspecified atom stereocenters. The van der Waals surface area contributed by atoms with Gasteiger partial charge >= 0.3 is 29.6 Å². The molecule has 0 rings (SSSR count). The van der Waals surface area contributed by atoms with Crippen LogP contribution in [-0.4, -0.2) is 0 Å². The van der Waals surface area contributed by atoms with Gasteiger partial charge in [-0.25, -0.2) is 0 Å². The van der Waals surface area contributed by atoms with Crippen molar-refractivity contribution in [1.29, 1.82) is 0 Å². The van der Waals surface area contributed by atoms with Crippen LogP contribution in [0.1, 0.15) is 1.43 Å². The normalized spacial score (nSPS) is 3.00. The molecule has 0 aliphatic carbocycles. The second-order valence-corrected chi connectivity index (χ2v) is 0.236. The average molecular weight is 67.1 g/mol. The van der Waals surface area contributed by atoms with Crippen LogP contribution >= 0.6 is 0 Å². The van der Waals surface area contributed by atoms with Crippen LogP contribution in [0.15, 0.2) is 12.8 Å². The zero-order chi connectivity index (χ0) is 2.71. The molecule has 0 spiro atoms. The van der Waals surface area contributed by atoms with Gasteiger partial charge in [-0.1, -0.05) is 6.58 Å². The monoisotopic (exact) mass is 67.0 g/mol. The van der Waals surface area contributed by atoms with Gasteiger partial charge in [0.25, 0.3) is 0 Å². The van der Waals surface area contributed by atoms with Crippen molar-refractivity contribution < 1.29 is 31.0 Å². The van der Waals surface area contributed by atoms with Crippen molar-refractivity contribution in [3.05, 3.63) is 12.8 Å². The molecule has 0 atom stereocenters. The van der Waals surface area contributed by atoms with E-state index in [0.717, 1.165) is 0 Å². The third-order valence-electron chi connectivity index (χ3n) is 0. The molecule has 0 bridgehead atoms. The van der Waals surface area contributed by atoms with Gasteiger partial charge in [0.2, 0.25) is 0 Å². The third kappa shape index (κ3) is 20.7. The Balaban J connectivity index is -0.0000000200. The van der Waals surface area contributed by atoms with Crippen LogP contribution in [0.3, 0.4) is 0 Å². The van der Waals surface area contributed by atoms with Crippen molar-refractivity contribution in [2.45, 2.75) is 0 Å². The van der Waals surface area contributed by atoms with Crippen molar-refractivity contribution in [2.24, 2.45) is 5.73 Å². The fraction of sp³-hybridized carbons (Fsp3) is 0. The molecule has 0 aromatic heterocycles. The molecule has 2 heteroatoms. The molecule has 0 aliphatic rings. The minimum absolute atomic E-state index is 0. The van der Waals surface area contributed by atoms with E-state index >= 15 is 0 Å². The summed E-state index contributed by atoms with van der Waals surface area (Å²) in [4.78, 5) is 0. The first-order chi connectivity index (χ1) is 1.41. The Bertz CT molecular complexity index is 17.1. The molecule has 0 radical (unpaired) electrons. The summed E-state index contributed by atoms with van der Waals surface area (Å²) in [5, 5.41) is 0. The van der Waals surface area contributed by atoms with Crippen LogP contribution < -0.4 is 35.3 Å². The maximum Gasteiger partial charge on any atom is 1.00 e. The van der Waals surface area contributed by atoms with Gasteiger partial charge in [0.15, 0.2) is 0 Å². The summed E-state index contributed by atoms with van der Waals surface area (Å²) in [5.41, 5.74) is 4.61. The Morgan fingerprint density at radius 3 is 2.00 bits per heavy atom. The molecule has 4 heavy (non-hydrogen) atoms. The summed E-state index contributed by atoms with van der Waals surface area (Å²) in [6.07, 6.45) is 1.25. The molecule has 0 aromatic rings. The molecular formula is C2H6NNa. The zero-order valence-corrected chi connectivity index (χ0v) is 4.86. The van der Waals surface area contributed by atoms with E-state index in [1.807, 2.05) is 0 Å². The molecule has 0 saturated carbocycles. The fourth-order valence-electron chi connectivity index (χ4n) is 0. The van der Waals surface area contributed by atoms with E-state index in [4.69, 9.17) is 0 Å². The van der Waals surface area contributed by atoms with Crippen molar-refractivity contribution in [2.75, 3.05) is 0 Å². The van der Waals surface area contributed by atoms with E-state index in [9.17, 15) is 0 Å². The Labute approximate surface area is 49.7 Å². The Morgan fingerprint density at radius 1 is 2.00 bits per heavy atom. The van der Waals surface area contributed by atoms with E-state index in [1.54, 1.807) is 0 Å². The van der Waals surface area contributed by atoms with Crippen molar-refractivity contribution in [1.82, 2.24) is 0 Å². The summed E-state index contributed by atoms with van der Waals surface area (Å²) in [6.45, 7) is 3.14. The second-order valence-electron chi connectivity index (χ2n) is 0.236. The van der Waals surface area contributed by atoms with Gasteiger partial charge < -0.3 is 7.16 Å². The summed E-state index contributed by atoms with van der Waals surface area (Å²) in [7, 11) is 0. The number of nitrogens with two attached hydrogens (primary N) is 1. The summed E-state index contributed by atoms with van der Waals surface area (Å²) in [5.74, 6) is 0.